The van der Waals surface area contributed by atoms with Gasteiger partial charge in [0.25, 0.3) is 0 Å². The average molecular weight is 248 g/mol. The van der Waals surface area contributed by atoms with Crippen molar-refractivity contribution in [1.82, 2.24) is 5.32 Å². The zero-order valence-electron chi connectivity index (χ0n) is 9.97. The number of aliphatic hydroxyl groups excluding tert-OH is 1. The van der Waals surface area contributed by atoms with E-state index in [0.717, 1.165) is 18.4 Å². The monoisotopic (exact) mass is 248 g/mol. The lowest BCUT2D eigenvalue weighted by atomic mass is 10.1. The highest BCUT2D eigenvalue weighted by Crippen LogP contribution is 2.05. The molecule has 1 rings (SSSR count). The minimum atomic E-state index is -1.59. The average Bonchev–Trinajstić information content (AvgIpc) is 2.34. The SMILES string of the molecule is N#Cc1ccc(CCCNC(=O)CC(O)O)cc1. The van der Waals surface area contributed by atoms with Crippen LogP contribution in [0.1, 0.15) is 24.0 Å². The van der Waals surface area contributed by atoms with Gasteiger partial charge in [0.05, 0.1) is 18.1 Å². The van der Waals surface area contributed by atoms with Crippen molar-refractivity contribution in [2.75, 3.05) is 6.54 Å². The lowest BCUT2D eigenvalue weighted by Gasteiger charge is -2.06. The van der Waals surface area contributed by atoms with E-state index >= 15 is 0 Å². The van der Waals surface area contributed by atoms with E-state index in [0.29, 0.717) is 12.1 Å². The molecule has 5 heteroatoms. The number of hydrogen-bond acceptors (Lipinski definition) is 4. The number of nitriles is 1. The highest BCUT2D eigenvalue weighted by atomic mass is 16.5. The maximum absolute atomic E-state index is 11.1. The summed E-state index contributed by atoms with van der Waals surface area (Å²) in [6, 6.07) is 9.34. The first-order valence-corrected chi connectivity index (χ1v) is 5.73. The molecule has 0 spiro atoms. The summed E-state index contributed by atoms with van der Waals surface area (Å²) in [6.07, 6.45) is -0.326. The Labute approximate surface area is 106 Å². The molecule has 0 aliphatic carbocycles. The molecular weight excluding hydrogens is 232 g/mol. The van der Waals surface area contributed by atoms with Gasteiger partial charge < -0.3 is 15.5 Å². The number of benzene rings is 1. The van der Waals surface area contributed by atoms with Gasteiger partial charge in [0, 0.05) is 6.54 Å². The maximum atomic E-state index is 11.1. The van der Waals surface area contributed by atoms with Crippen molar-refractivity contribution in [3.8, 4) is 6.07 Å². The largest absolute Gasteiger partial charge is 0.368 e. The van der Waals surface area contributed by atoms with Crippen LogP contribution in [0.2, 0.25) is 0 Å². The molecule has 5 nitrogen and oxygen atoms in total. The van der Waals surface area contributed by atoms with E-state index in [1.165, 1.54) is 0 Å². The molecule has 0 aliphatic heterocycles. The minimum absolute atomic E-state index is 0.295. The predicted octanol–water partition coefficient (Wildman–Crippen LogP) is 0.308. The van der Waals surface area contributed by atoms with Crippen molar-refractivity contribution in [1.29, 1.82) is 5.26 Å². The van der Waals surface area contributed by atoms with Gasteiger partial charge in [-0.25, -0.2) is 0 Å². The first-order valence-electron chi connectivity index (χ1n) is 5.73. The van der Waals surface area contributed by atoms with Crippen LogP contribution < -0.4 is 5.32 Å². The molecule has 0 atom stereocenters. The van der Waals surface area contributed by atoms with Crippen molar-refractivity contribution in [3.63, 3.8) is 0 Å². The maximum Gasteiger partial charge on any atom is 0.225 e. The van der Waals surface area contributed by atoms with Crippen LogP contribution in [0.4, 0.5) is 0 Å². The number of carbonyl (C=O) groups is 1. The van der Waals surface area contributed by atoms with E-state index < -0.39 is 6.29 Å². The van der Waals surface area contributed by atoms with Gasteiger partial charge in [-0.3, -0.25) is 4.79 Å². The van der Waals surface area contributed by atoms with Crippen LogP contribution in [0.15, 0.2) is 24.3 Å². The van der Waals surface area contributed by atoms with Crippen molar-refractivity contribution >= 4 is 5.91 Å². The lowest BCUT2D eigenvalue weighted by molar-refractivity contribution is -0.129. The molecule has 0 heterocycles. The van der Waals surface area contributed by atoms with Crippen LogP contribution >= 0.6 is 0 Å². The molecule has 0 bridgehead atoms. The van der Waals surface area contributed by atoms with Crippen LogP contribution in [0.25, 0.3) is 0 Å². The number of amides is 1. The van der Waals surface area contributed by atoms with Crippen molar-refractivity contribution in [3.05, 3.63) is 35.4 Å². The Hall–Kier alpha value is -1.90. The van der Waals surface area contributed by atoms with Crippen molar-refractivity contribution in [2.24, 2.45) is 0 Å². The van der Waals surface area contributed by atoms with Gasteiger partial charge in [0.15, 0.2) is 6.29 Å². The quantitative estimate of drug-likeness (QED) is 0.499. The first-order chi connectivity index (χ1) is 8.61. The van der Waals surface area contributed by atoms with Crippen LogP contribution in [0, 0.1) is 11.3 Å². The Balaban J connectivity index is 2.21. The summed E-state index contributed by atoms with van der Waals surface area (Å²) in [5.74, 6) is -0.371. The summed E-state index contributed by atoms with van der Waals surface area (Å²) in [5, 5.41) is 28.4. The summed E-state index contributed by atoms with van der Waals surface area (Å²) < 4.78 is 0. The highest BCUT2D eigenvalue weighted by molar-refractivity contribution is 5.76. The fraction of sp³-hybridized carbons (Fsp3) is 0.385. The van der Waals surface area contributed by atoms with E-state index in [9.17, 15) is 4.79 Å². The van der Waals surface area contributed by atoms with Gasteiger partial charge >= 0.3 is 0 Å². The van der Waals surface area contributed by atoms with Gasteiger partial charge in [0.1, 0.15) is 0 Å². The normalized spacial score (nSPS) is 10.1. The van der Waals surface area contributed by atoms with E-state index in [1.54, 1.807) is 12.1 Å². The Morgan fingerprint density at radius 1 is 1.33 bits per heavy atom. The molecule has 96 valence electrons. The number of hydrogen-bond donors (Lipinski definition) is 3. The third-order valence-corrected chi connectivity index (χ3v) is 2.42. The lowest BCUT2D eigenvalue weighted by Crippen LogP contribution is -2.28. The predicted molar refractivity (Wildman–Crippen MR) is 65.3 cm³/mol. The number of nitrogens with one attached hydrogen (secondary N) is 1. The first kappa shape index (κ1) is 14.2. The molecule has 1 aromatic carbocycles. The Morgan fingerprint density at radius 2 is 2.00 bits per heavy atom. The molecule has 0 saturated carbocycles. The molecule has 3 N–H and O–H groups in total. The molecular formula is C13H16N2O3. The summed E-state index contributed by atoms with van der Waals surface area (Å²) in [5.41, 5.74) is 1.73. The van der Waals surface area contributed by atoms with Gasteiger partial charge in [-0.05, 0) is 30.5 Å². The number of aliphatic hydroxyl groups is 2. The van der Waals surface area contributed by atoms with Crippen LogP contribution in [-0.2, 0) is 11.2 Å². The van der Waals surface area contributed by atoms with Gasteiger partial charge in [0.2, 0.25) is 5.91 Å². The zero-order chi connectivity index (χ0) is 13.4. The Bertz CT molecular complexity index is 421. The van der Waals surface area contributed by atoms with Crippen LogP contribution in [0.3, 0.4) is 0 Å². The number of nitrogens with zero attached hydrogens (tertiary/aromatic N) is 1. The summed E-state index contributed by atoms with van der Waals surface area (Å²) >= 11 is 0. The van der Waals surface area contributed by atoms with Crippen molar-refractivity contribution < 1.29 is 15.0 Å². The number of aryl methyl sites for hydroxylation is 1. The topological polar surface area (TPSA) is 93.4 Å². The smallest absolute Gasteiger partial charge is 0.225 e. The molecule has 1 amide bonds. The summed E-state index contributed by atoms with van der Waals surface area (Å²) in [4.78, 5) is 11.1. The highest BCUT2D eigenvalue weighted by Gasteiger charge is 2.05. The standard InChI is InChI=1S/C13H16N2O3/c14-9-11-5-3-10(4-6-11)2-1-7-15-12(16)8-13(17)18/h3-6,13,17-18H,1-2,7-8H2,(H,15,16). The molecule has 18 heavy (non-hydrogen) atoms. The number of carbonyl (C=O) groups excluding carboxylic acids is 1. The molecule has 1 aromatic rings. The Morgan fingerprint density at radius 3 is 2.56 bits per heavy atom. The summed E-state index contributed by atoms with van der Waals surface area (Å²) in [6.45, 7) is 0.492. The summed E-state index contributed by atoms with van der Waals surface area (Å²) in [7, 11) is 0. The van der Waals surface area contributed by atoms with E-state index in [1.807, 2.05) is 12.1 Å². The van der Waals surface area contributed by atoms with E-state index in [2.05, 4.69) is 11.4 Å². The minimum Gasteiger partial charge on any atom is -0.368 e. The fourth-order valence-corrected chi connectivity index (χ4v) is 1.50. The van der Waals surface area contributed by atoms with Gasteiger partial charge in [-0.2, -0.15) is 5.26 Å². The fourth-order valence-electron chi connectivity index (χ4n) is 1.50. The number of rotatable bonds is 6. The molecule has 0 unspecified atom stereocenters. The molecule has 0 radical (unpaired) electrons. The molecule has 0 fully saturated rings. The van der Waals surface area contributed by atoms with Crippen molar-refractivity contribution in [2.45, 2.75) is 25.6 Å². The third-order valence-electron chi connectivity index (χ3n) is 2.42. The second-order valence-electron chi connectivity index (χ2n) is 3.95. The molecule has 0 saturated heterocycles. The second kappa shape index (κ2) is 7.43. The molecule has 0 aliphatic rings. The van der Waals surface area contributed by atoms with Crippen LogP contribution in [-0.4, -0.2) is 29.0 Å². The van der Waals surface area contributed by atoms with Crippen LogP contribution in [0.5, 0.6) is 0 Å². The second-order valence-corrected chi connectivity index (χ2v) is 3.95. The zero-order valence-corrected chi connectivity index (χ0v) is 9.97. The third kappa shape index (κ3) is 5.43. The van der Waals surface area contributed by atoms with Gasteiger partial charge in [-0.1, -0.05) is 12.1 Å². The van der Waals surface area contributed by atoms with E-state index in [-0.39, 0.29) is 12.3 Å². The van der Waals surface area contributed by atoms with E-state index in [4.69, 9.17) is 15.5 Å². The Kier molecular flexibility index (Phi) is 5.85. The van der Waals surface area contributed by atoms with Gasteiger partial charge in [-0.15, -0.1) is 0 Å². The molecule has 0 aromatic heterocycles.